The van der Waals surface area contributed by atoms with Gasteiger partial charge in [0.05, 0.1) is 13.5 Å². The molecular formula is C15H17NO3. The molecule has 1 aromatic heterocycles. The number of hydrogen-bond donors (Lipinski definition) is 1. The van der Waals surface area contributed by atoms with Crippen LogP contribution in [0.25, 0.3) is 10.9 Å². The number of aromatic nitrogens is 1. The fraction of sp³-hybridized carbons (Fsp3) is 0.400. The van der Waals surface area contributed by atoms with E-state index < -0.39 is 5.97 Å². The van der Waals surface area contributed by atoms with Crippen molar-refractivity contribution >= 4 is 16.9 Å². The van der Waals surface area contributed by atoms with E-state index in [1.54, 1.807) is 7.11 Å². The fourth-order valence-corrected chi connectivity index (χ4v) is 3.14. The smallest absolute Gasteiger partial charge is 0.304 e. The Kier molecular flexibility index (Phi) is 2.73. The van der Waals surface area contributed by atoms with Crippen molar-refractivity contribution in [3.8, 4) is 5.75 Å². The second kappa shape index (κ2) is 4.30. The van der Waals surface area contributed by atoms with E-state index in [1.165, 1.54) is 10.9 Å². The van der Waals surface area contributed by atoms with Gasteiger partial charge in [0.2, 0.25) is 0 Å². The summed E-state index contributed by atoms with van der Waals surface area (Å²) < 4.78 is 7.59. The average molecular weight is 259 g/mol. The minimum Gasteiger partial charge on any atom is -0.496 e. The van der Waals surface area contributed by atoms with E-state index >= 15 is 0 Å². The van der Waals surface area contributed by atoms with E-state index in [9.17, 15) is 4.79 Å². The second-order valence-electron chi connectivity index (χ2n) is 5.13. The Morgan fingerprint density at radius 2 is 2.32 bits per heavy atom. The molecule has 0 radical (unpaired) electrons. The van der Waals surface area contributed by atoms with Gasteiger partial charge in [0.15, 0.2) is 0 Å². The van der Waals surface area contributed by atoms with Crippen LogP contribution in [0.5, 0.6) is 5.75 Å². The van der Waals surface area contributed by atoms with E-state index in [2.05, 4.69) is 16.7 Å². The molecule has 0 bridgehead atoms. The van der Waals surface area contributed by atoms with Crippen molar-refractivity contribution in [3.05, 3.63) is 29.5 Å². The molecule has 2 aromatic rings. The molecule has 0 saturated carbocycles. The first-order valence-electron chi connectivity index (χ1n) is 6.50. The summed E-state index contributed by atoms with van der Waals surface area (Å²) in [6.45, 7) is 2.95. The van der Waals surface area contributed by atoms with Crippen LogP contribution in [0.4, 0.5) is 0 Å². The third-order valence-corrected chi connectivity index (χ3v) is 4.10. The van der Waals surface area contributed by atoms with E-state index in [0.717, 1.165) is 30.0 Å². The Bertz CT molecular complexity index is 657. The summed E-state index contributed by atoms with van der Waals surface area (Å²) in [7, 11) is 1.67. The van der Waals surface area contributed by atoms with Crippen molar-refractivity contribution in [1.29, 1.82) is 0 Å². The average Bonchev–Trinajstić information content (AvgIpc) is 2.90. The minimum absolute atomic E-state index is 0.135. The summed E-state index contributed by atoms with van der Waals surface area (Å²) in [6.07, 6.45) is 1.13. The molecule has 1 aromatic carbocycles. The number of carboxylic acid groups (broad SMARTS) is 1. The van der Waals surface area contributed by atoms with E-state index in [1.807, 2.05) is 13.0 Å². The second-order valence-corrected chi connectivity index (χ2v) is 5.13. The number of nitrogens with zero attached hydrogens (tertiary/aromatic N) is 1. The number of methoxy groups -OCH3 is 1. The Balaban J connectivity index is 2.13. The van der Waals surface area contributed by atoms with Crippen LogP contribution in [0, 0.1) is 6.92 Å². The van der Waals surface area contributed by atoms with Gasteiger partial charge in [-0.1, -0.05) is 0 Å². The van der Waals surface area contributed by atoms with Gasteiger partial charge in [0, 0.05) is 34.6 Å². The fourth-order valence-electron chi connectivity index (χ4n) is 3.14. The van der Waals surface area contributed by atoms with Gasteiger partial charge in [-0.2, -0.15) is 0 Å². The molecule has 19 heavy (non-hydrogen) atoms. The molecule has 0 saturated heterocycles. The van der Waals surface area contributed by atoms with Gasteiger partial charge in [0.1, 0.15) is 5.75 Å². The van der Waals surface area contributed by atoms with Crippen molar-refractivity contribution in [1.82, 2.24) is 4.57 Å². The van der Waals surface area contributed by atoms with Gasteiger partial charge in [-0.15, -0.1) is 0 Å². The molecule has 1 unspecified atom stereocenters. The molecule has 0 aliphatic carbocycles. The van der Waals surface area contributed by atoms with Crippen molar-refractivity contribution in [2.24, 2.45) is 0 Å². The lowest BCUT2D eigenvalue weighted by Gasteiger charge is -2.06. The van der Waals surface area contributed by atoms with Crippen LogP contribution in [0.1, 0.15) is 30.0 Å². The summed E-state index contributed by atoms with van der Waals surface area (Å²) in [5.41, 5.74) is 3.45. The van der Waals surface area contributed by atoms with Gasteiger partial charge in [0.25, 0.3) is 0 Å². The number of fused-ring (bicyclic) bond motifs is 3. The maximum atomic E-state index is 10.9. The quantitative estimate of drug-likeness (QED) is 0.922. The van der Waals surface area contributed by atoms with Crippen LogP contribution in [-0.4, -0.2) is 22.8 Å². The summed E-state index contributed by atoms with van der Waals surface area (Å²) in [5, 5.41) is 10.2. The van der Waals surface area contributed by atoms with Gasteiger partial charge < -0.3 is 14.4 Å². The number of carboxylic acids is 1. The number of hydrogen-bond acceptors (Lipinski definition) is 2. The van der Waals surface area contributed by atoms with Crippen molar-refractivity contribution in [3.63, 3.8) is 0 Å². The molecule has 100 valence electrons. The summed E-state index contributed by atoms with van der Waals surface area (Å²) in [4.78, 5) is 10.9. The lowest BCUT2D eigenvalue weighted by molar-refractivity contribution is -0.137. The van der Waals surface area contributed by atoms with Crippen LogP contribution in [0.2, 0.25) is 0 Å². The molecule has 0 amide bonds. The number of rotatable bonds is 3. The highest BCUT2D eigenvalue weighted by atomic mass is 16.5. The third-order valence-electron chi connectivity index (χ3n) is 4.10. The van der Waals surface area contributed by atoms with Gasteiger partial charge >= 0.3 is 5.97 Å². The first-order chi connectivity index (χ1) is 9.11. The van der Waals surface area contributed by atoms with Crippen LogP contribution in [-0.2, 0) is 11.3 Å². The predicted octanol–water partition coefficient (Wildman–Crippen LogP) is 2.92. The highest BCUT2D eigenvalue weighted by molar-refractivity contribution is 5.87. The molecule has 1 N–H and O–H groups in total. The standard InChI is InChI=1S/C15H17NO3/c1-9-11-8-13-10(7-15(17)18)5-6-16(13)12(11)3-4-14(9)19-2/h3-4,8,10H,5-7H2,1-2H3,(H,17,18). The molecule has 2 heterocycles. The van der Waals surface area contributed by atoms with Crippen LogP contribution >= 0.6 is 0 Å². The highest BCUT2D eigenvalue weighted by Crippen LogP contribution is 2.38. The molecule has 0 fully saturated rings. The lowest BCUT2D eigenvalue weighted by Crippen LogP contribution is -2.02. The zero-order valence-corrected chi connectivity index (χ0v) is 11.1. The Morgan fingerprint density at radius 3 is 3.00 bits per heavy atom. The Hall–Kier alpha value is -1.97. The Morgan fingerprint density at radius 1 is 1.53 bits per heavy atom. The summed E-state index contributed by atoms with van der Waals surface area (Å²) in [6, 6.07) is 6.18. The van der Waals surface area contributed by atoms with Gasteiger partial charge in [-0.05, 0) is 31.5 Å². The molecule has 4 nitrogen and oxygen atoms in total. The number of aliphatic carboxylic acids is 1. The van der Waals surface area contributed by atoms with Crippen molar-refractivity contribution < 1.29 is 14.6 Å². The molecule has 1 aliphatic heterocycles. The molecule has 4 heteroatoms. The zero-order chi connectivity index (χ0) is 13.6. The normalized spacial score (nSPS) is 17.7. The van der Waals surface area contributed by atoms with Gasteiger partial charge in [-0.25, -0.2) is 0 Å². The number of carbonyl (C=O) groups is 1. The largest absolute Gasteiger partial charge is 0.496 e. The first kappa shape index (κ1) is 12.1. The highest BCUT2D eigenvalue weighted by Gasteiger charge is 2.27. The molecular weight excluding hydrogens is 242 g/mol. The topological polar surface area (TPSA) is 51.5 Å². The molecule has 0 spiro atoms. The molecule has 1 atom stereocenters. The Labute approximate surface area is 111 Å². The van der Waals surface area contributed by atoms with Crippen molar-refractivity contribution in [2.75, 3.05) is 7.11 Å². The number of aryl methyl sites for hydroxylation is 2. The van der Waals surface area contributed by atoms with Crippen LogP contribution < -0.4 is 4.74 Å². The maximum absolute atomic E-state index is 10.9. The summed E-state index contributed by atoms with van der Waals surface area (Å²) >= 11 is 0. The SMILES string of the molecule is COc1ccc2c(cc3n2CCC3CC(=O)O)c1C. The number of ether oxygens (including phenoxy) is 1. The lowest BCUT2D eigenvalue weighted by atomic mass is 10.00. The number of benzene rings is 1. The summed E-state index contributed by atoms with van der Waals surface area (Å²) in [5.74, 6) is 0.292. The van der Waals surface area contributed by atoms with E-state index in [0.29, 0.717) is 0 Å². The minimum atomic E-state index is -0.724. The van der Waals surface area contributed by atoms with Crippen molar-refractivity contribution in [2.45, 2.75) is 32.2 Å². The van der Waals surface area contributed by atoms with Crippen LogP contribution in [0.3, 0.4) is 0 Å². The first-order valence-corrected chi connectivity index (χ1v) is 6.50. The zero-order valence-electron chi connectivity index (χ0n) is 11.1. The van der Waals surface area contributed by atoms with Crippen LogP contribution in [0.15, 0.2) is 18.2 Å². The molecule has 3 rings (SSSR count). The van der Waals surface area contributed by atoms with E-state index in [-0.39, 0.29) is 12.3 Å². The molecule has 1 aliphatic rings. The maximum Gasteiger partial charge on any atom is 0.304 e. The predicted molar refractivity (Wildman–Crippen MR) is 72.8 cm³/mol. The van der Waals surface area contributed by atoms with E-state index in [4.69, 9.17) is 9.84 Å². The third kappa shape index (κ3) is 1.79. The van der Waals surface area contributed by atoms with Gasteiger partial charge in [-0.3, -0.25) is 4.79 Å². The monoisotopic (exact) mass is 259 g/mol.